The average Bonchev–Trinajstić information content (AvgIpc) is 2.24. The molecule has 1 aromatic heterocycles. The Kier molecular flexibility index (Phi) is 2.92. The highest BCUT2D eigenvalue weighted by Crippen LogP contribution is 2.24. The summed E-state index contributed by atoms with van der Waals surface area (Å²) in [7, 11) is 0. The van der Waals surface area contributed by atoms with Gasteiger partial charge in [0.1, 0.15) is 17.9 Å². The van der Waals surface area contributed by atoms with E-state index in [9.17, 15) is 0 Å². The number of hydrogen-bond acceptors (Lipinski definition) is 4. The normalized spacial score (nSPS) is 10.1. The van der Waals surface area contributed by atoms with Crippen molar-refractivity contribution in [1.29, 1.82) is 0 Å². The Labute approximate surface area is 98.0 Å². The first-order valence-corrected chi connectivity index (χ1v) is 5.04. The standard InChI is InChI=1S/C11H10ClN3O/c1-7-4-8(2-3-9(7)12)16-11-5-10(13)14-6-15-11/h2-6H,1H3,(H2,13,14,15). The Morgan fingerprint density at radius 1 is 1.25 bits per heavy atom. The van der Waals surface area contributed by atoms with Crippen molar-refractivity contribution in [3.05, 3.63) is 41.2 Å². The second-order valence-corrected chi connectivity index (χ2v) is 3.70. The van der Waals surface area contributed by atoms with Gasteiger partial charge >= 0.3 is 0 Å². The fourth-order valence-corrected chi connectivity index (χ4v) is 1.33. The zero-order valence-electron chi connectivity index (χ0n) is 8.64. The lowest BCUT2D eigenvalue weighted by Crippen LogP contribution is -1.93. The van der Waals surface area contributed by atoms with Gasteiger partial charge in [-0.2, -0.15) is 0 Å². The van der Waals surface area contributed by atoms with E-state index in [1.807, 2.05) is 13.0 Å². The van der Waals surface area contributed by atoms with E-state index in [0.717, 1.165) is 5.56 Å². The van der Waals surface area contributed by atoms with Crippen LogP contribution in [0, 0.1) is 6.92 Å². The van der Waals surface area contributed by atoms with Gasteiger partial charge in [-0.3, -0.25) is 0 Å². The van der Waals surface area contributed by atoms with Crippen LogP contribution in [-0.4, -0.2) is 9.97 Å². The van der Waals surface area contributed by atoms with Gasteiger partial charge in [0.05, 0.1) is 0 Å². The monoisotopic (exact) mass is 235 g/mol. The van der Waals surface area contributed by atoms with Gasteiger partial charge in [-0.15, -0.1) is 0 Å². The summed E-state index contributed by atoms with van der Waals surface area (Å²) < 4.78 is 5.51. The number of nitrogens with two attached hydrogens (primary N) is 1. The molecule has 1 aromatic carbocycles. The summed E-state index contributed by atoms with van der Waals surface area (Å²) in [4.78, 5) is 7.72. The van der Waals surface area contributed by atoms with Crippen LogP contribution < -0.4 is 10.5 Å². The molecule has 0 saturated heterocycles. The summed E-state index contributed by atoms with van der Waals surface area (Å²) in [5.74, 6) is 1.45. The molecule has 0 spiro atoms. The predicted octanol–water partition coefficient (Wildman–Crippen LogP) is 2.81. The highest BCUT2D eigenvalue weighted by Gasteiger charge is 2.02. The number of benzene rings is 1. The molecule has 16 heavy (non-hydrogen) atoms. The lowest BCUT2D eigenvalue weighted by Gasteiger charge is -2.06. The van der Waals surface area contributed by atoms with Crippen molar-refractivity contribution in [2.45, 2.75) is 6.92 Å². The first-order chi connectivity index (χ1) is 7.65. The van der Waals surface area contributed by atoms with Crippen molar-refractivity contribution in [3.8, 4) is 11.6 Å². The van der Waals surface area contributed by atoms with E-state index < -0.39 is 0 Å². The van der Waals surface area contributed by atoms with Gasteiger partial charge in [0.25, 0.3) is 0 Å². The Morgan fingerprint density at radius 3 is 2.75 bits per heavy atom. The van der Waals surface area contributed by atoms with Crippen molar-refractivity contribution in [1.82, 2.24) is 9.97 Å². The van der Waals surface area contributed by atoms with E-state index in [4.69, 9.17) is 22.1 Å². The van der Waals surface area contributed by atoms with E-state index >= 15 is 0 Å². The van der Waals surface area contributed by atoms with E-state index in [-0.39, 0.29) is 0 Å². The van der Waals surface area contributed by atoms with Crippen LogP contribution in [0.15, 0.2) is 30.6 Å². The maximum atomic E-state index is 5.91. The number of ether oxygens (including phenoxy) is 1. The molecule has 5 heteroatoms. The minimum absolute atomic E-state index is 0.371. The van der Waals surface area contributed by atoms with Crippen molar-refractivity contribution in [2.24, 2.45) is 0 Å². The molecule has 0 bridgehead atoms. The van der Waals surface area contributed by atoms with Gasteiger partial charge in [0.15, 0.2) is 0 Å². The molecule has 0 unspecified atom stereocenters. The van der Waals surface area contributed by atoms with Crippen LogP contribution in [0.1, 0.15) is 5.56 Å². The smallest absolute Gasteiger partial charge is 0.224 e. The molecule has 4 nitrogen and oxygen atoms in total. The van der Waals surface area contributed by atoms with E-state index in [1.54, 1.807) is 18.2 Å². The van der Waals surface area contributed by atoms with Crippen molar-refractivity contribution < 1.29 is 4.74 Å². The van der Waals surface area contributed by atoms with Gasteiger partial charge in [0, 0.05) is 11.1 Å². The zero-order valence-corrected chi connectivity index (χ0v) is 9.40. The fraction of sp³-hybridized carbons (Fsp3) is 0.0909. The van der Waals surface area contributed by atoms with Crippen LogP contribution in [0.4, 0.5) is 5.82 Å². The lowest BCUT2D eigenvalue weighted by atomic mass is 10.2. The SMILES string of the molecule is Cc1cc(Oc2cc(N)ncn2)ccc1Cl. The maximum Gasteiger partial charge on any atom is 0.224 e. The van der Waals surface area contributed by atoms with Gasteiger partial charge < -0.3 is 10.5 Å². The Hall–Kier alpha value is -1.81. The molecular weight excluding hydrogens is 226 g/mol. The van der Waals surface area contributed by atoms with Crippen LogP contribution in [0.5, 0.6) is 11.6 Å². The second-order valence-electron chi connectivity index (χ2n) is 3.29. The molecule has 0 aliphatic carbocycles. The number of nitrogen functional groups attached to an aromatic ring is 1. The minimum atomic E-state index is 0.371. The Balaban J connectivity index is 2.24. The first-order valence-electron chi connectivity index (χ1n) is 4.66. The first kappa shape index (κ1) is 10.7. The van der Waals surface area contributed by atoms with Crippen LogP contribution >= 0.6 is 11.6 Å². The number of anilines is 1. The summed E-state index contributed by atoms with van der Waals surface area (Å²) in [6.07, 6.45) is 1.35. The van der Waals surface area contributed by atoms with Gasteiger partial charge in [-0.25, -0.2) is 9.97 Å². The van der Waals surface area contributed by atoms with Crippen molar-refractivity contribution >= 4 is 17.4 Å². The molecule has 0 radical (unpaired) electrons. The average molecular weight is 236 g/mol. The van der Waals surface area contributed by atoms with Gasteiger partial charge in [-0.05, 0) is 30.7 Å². The van der Waals surface area contributed by atoms with Crippen LogP contribution in [0.3, 0.4) is 0 Å². The van der Waals surface area contributed by atoms with Gasteiger partial charge in [0.2, 0.25) is 5.88 Å². The topological polar surface area (TPSA) is 61.0 Å². The van der Waals surface area contributed by atoms with E-state index in [1.165, 1.54) is 6.33 Å². The number of hydrogen-bond donors (Lipinski definition) is 1. The summed E-state index contributed by atoms with van der Waals surface area (Å²) >= 11 is 5.91. The lowest BCUT2D eigenvalue weighted by molar-refractivity contribution is 0.461. The Morgan fingerprint density at radius 2 is 2.06 bits per heavy atom. The number of halogens is 1. The fourth-order valence-electron chi connectivity index (χ4n) is 1.21. The number of aromatic nitrogens is 2. The Bertz CT molecular complexity index is 516. The summed E-state index contributed by atoms with van der Waals surface area (Å²) in [5, 5.41) is 0.703. The third-order valence-corrected chi connectivity index (χ3v) is 2.44. The molecule has 0 amide bonds. The largest absolute Gasteiger partial charge is 0.439 e. The summed E-state index contributed by atoms with van der Waals surface area (Å²) in [6, 6.07) is 6.94. The third kappa shape index (κ3) is 2.41. The predicted molar refractivity (Wildman–Crippen MR) is 62.7 cm³/mol. The third-order valence-electron chi connectivity index (χ3n) is 2.01. The van der Waals surface area contributed by atoms with Crippen LogP contribution in [-0.2, 0) is 0 Å². The summed E-state index contributed by atoms with van der Waals surface area (Å²) in [5.41, 5.74) is 6.46. The molecule has 2 rings (SSSR count). The molecule has 0 fully saturated rings. The number of aryl methyl sites for hydroxylation is 1. The molecular formula is C11H10ClN3O. The summed E-state index contributed by atoms with van der Waals surface area (Å²) in [6.45, 7) is 1.91. The quantitative estimate of drug-likeness (QED) is 0.870. The van der Waals surface area contributed by atoms with E-state index in [0.29, 0.717) is 22.5 Å². The molecule has 82 valence electrons. The van der Waals surface area contributed by atoms with E-state index in [2.05, 4.69) is 9.97 Å². The maximum absolute atomic E-state index is 5.91. The zero-order chi connectivity index (χ0) is 11.5. The van der Waals surface area contributed by atoms with Crippen LogP contribution in [0.2, 0.25) is 5.02 Å². The minimum Gasteiger partial charge on any atom is -0.439 e. The highest BCUT2D eigenvalue weighted by atomic mass is 35.5. The molecule has 0 aliphatic heterocycles. The molecule has 0 atom stereocenters. The second kappa shape index (κ2) is 4.37. The van der Waals surface area contributed by atoms with Crippen molar-refractivity contribution in [2.75, 3.05) is 5.73 Å². The highest BCUT2D eigenvalue weighted by molar-refractivity contribution is 6.31. The molecule has 2 N–H and O–H groups in total. The number of nitrogens with zero attached hydrogens (tertiary/aromatic N) is 2. The van der Waals surface area contributed by atoms with Gasteiger partial charge in [-0.1, -0.05) is 11.6 Å². The van der Waals surface area contributed by atoms with Crippen molar-refractivity contribution in [3.63, 3.8) is 0 Å². The molecule has 0 saturated carbocycles. The number of rotatable bonds is 2. The molecule has 1 heterocycles. The molecule has 0 aliphatic rings. The molecule has 2 aromatic rings. The van der Waals surface area contributed by atoms with Crippen LogP contribution in [0.25, 0.3) is 0 Å².